The third-order valence-corrected chi connectivity index (χ3v) is 3.32. The lowest BCUT2D eigenvalue weighted by atomic mass is 10.1. The molecule has 21 heavy (non-hydrogen) atoms. The fourth-order valence-electron chi connectivity index (χ4n) is 1.71. The van der Waals surface area contributed by atoms with E-state index in [9.17, 15) is 9.90 Å². The van der Waals surface area contributed by atoms with Crippen molar-refractivity contribution in [3.63, 3.8) is 0 Å². The van der Waals surface area contributed by atoms with E-state index in [4.69, 9.17) is 23.2 Å². The molecular weight excluding hydrogens is 311 g/mol. The van der Waals surface area contributed by atoms with Crippen molar-refractivity contribution in [3.8, 4) is 0 Å². The predicted molar refractivity (Wildman–Crippen MR) is 83.1 cm³/mol. The minimum absolute atomic E-state index is 0.0809. The molecule has 2 aromatic carbocycles. The fourth-order valence-corrected chi connectivity index (χ4v) is 2.25. The Kier molecular flexibility index (Phi) is 4.83. The summed E-state index contributed by atoms with van der Waals surface area (Å²) in [5, 5.41) is 16.0. The van der Waals surface area contributed by atoms with E-state index in [1.807, 2.05) is 0 Å². The molecule has 0 aromatic heterocycles. The number of hydrazone groups is 1. The Morgan fingerprint density at radius 2 is 1.95 bits per heavy atom. The standard InChI is InChI=1S/C15H12Cl2N2O2/c1-9(13-6-5-11(16)8-14(13)17)18-19-12-4-2-3-10(7-12)15(20)21/h2-8,19H,1H3,(H,20,21)/p-1/b18-9-. The molecule has 0 unspecified atom stereocenters. The van der Waals surface area contributed by atoms with Crippen molar-refractivity contribution in [2.75, 3.05) is 5.43 Å². The molecule has 2 aromatic rings. The van der Waals surface area contributed by atoms with Crippen LogP contribution in [0.4, 0.5) is 5.69 Å². The molecule has 0 saturated carbocycles. The maximum absolute atomic E-state index is 10.8. The molecule has 0 heterocycles. The van der Waals surface area contributed by atoms with Crippen LogP contribution in [0.25, 0.3) is 0 Å². The molecule has 0 bridgehead atoms. The molecule has 2 rings (SSSR count). The third kappa shape index (κ3) is 3.97. The van der Waals surface area contributed by atoms with Crippen LogP contribution < -0.4 is 10.5 Å². The molecule has 6 heteroatoms. The lowest BCUT2D eigenvalue weighted by Crippen LogP contribution is -2.22. The molecule has 0 saturated heterocycles. The van der Waals surface area contributed by atoms with E-state index in [-0.39, 0.29) is 5.56 Å². The third-order valence-electron chi connectivity index (χ3n) is 2.77. The summed E-state index contributed by atoms with van der Waals surface area (Å²) in [4.78, 5) is 10.8. The molecule has 4 nitrogen and oxygen atoms in total. The average Bonchev–Trinajstić information content (AvgIpc) is 2.45. The summed E-state index contributed by atoms with van der Waals surface area (Å²) in [5.74, 6) is -1.24. The number of nitrogens with zero attached hydrogens (tertiary/aromatic N) is 1. The first-order chi connectivity index (χ1) is 9.97. The average molecular weight is 322 g/mol. The Bertz CT molecular complexity index is 715. The molecule has 0 aliphatic rings. The van der Waals surface area contributed by atoms with Gasteiger partial charge in [-0.3, -0.25) is 5.43 Å². The van der Waals surface area contributed by atoms with Crippen LogP contribution >= 0.6 is 23.2 Å². The number of nitrogens with one attached hydrogen (secondary N) is 1. The van der Waals surface area contributed by atoms with Gasteiger partial charge in [0.05, 0.1) is 22.4 Å². The van der Waals surface area contributed by atoms with E-state index in [0.717, 1.165) is 5.56 Å². The maximum Gasteiger partial charge on any atom is 0.0716 e. The normalized spacial score (nSPS) is 11.3. The number of rotatable bonds is 4. The number of anilines is 1. The zero-order chi connectivity index (χ0) is 15.4. The number of aromatic carboxylic acids is 1. The number of halogens is 2. The highest BCUT2D eigenvalue weighted by molar-refractivity contribution is 6.37. The molecule has 0 aliphatic heterocycles. The van der Waals surface area contributed by atoms with Crippen molar-refractivity contribution >= 4 is 40.6 Å². The van der Waals surface area contributed by atoms with E-state index < -0.39 is 5.97 Å². The molecule has 0 atom stereocenters. The van der Waals surface area contributed by atoms with E-state index in [1.54, 1.807) is 37.3 Å². The van der Waals surface area contributed by atoms with Crippen LogP contribution in [-0.2, 0) is 0 Å². The first kappa shape index (κ1) is 15.4. The van der Waals surface area contributed by atoms with Crippen molar-refractivity contribution in [2.45, 2.75) is 6.92 Å². The minimum atomic E-state index is -1.24. The van der Waals surface area contributed by atoms with Crippen molar-refractivity contribution in [1.29, 1.82) is 0 Å². The summed E-state index contributed by atoms with van der Waals surface area (Å²) in [5.41, 5.74) is 4.80. The number of hydrogen-bond donors (Lipinski definition) is 1. The van der Waals surface area contributed by atoms with Crippen molar-refractivity contribution < 1.29 is 9.90 Å². The smallest absolute Gasteiger partial charge is 0.0716 e. The number of benzene rings is 2. The van der Waals surface area contributed by atoms with Crippen LogP contribution in [0.5, 0.6) is 0 Å². The van der Waals surface area contributed by atoms with Crippen LogP contribution in [0.15, 0.2) is 47.6 Å². The second-order valence-corrected chi connectivity index (χ2v) is 5.15. The van der Waals surface area contributed by atoms with Crippen LogP contribution in [0, 0.1) is 0 Å². The van der Waals surface area contributed by atoms with Crippen LogP contribution in [0.2, 0.25) is 10.0 Å². The summed E-state index contributed by atoms with van der Waals surface area (Å²) < 4.78 is 0. The monoisotopic (exact) mass is 321 g/mol. The second-order valence-electron chi connectivity index (χ2n) is 4.30. The first-order valence-corrected chi connectivity index (χ1v) is 6.80. The molecule has 0 spiro atoms. The van der Waals surface area contributed by atoms with E-state index in [0.29, 0.717) is 21.4 Å². The lowest BCUT2D eigenvalue weighted by Gasteiger charge is -2.07. The van der Waals surface area contributed by atoms with Gasteiger partial charge in [0.1, 0.15) is 0 Å². The topological polar surface area (TPSA) is 64.5 Å². The molecule has 1 N–H and O–H groups in total. The number of hydrogen-bond acceptors (Lipinski definition) is 4. The number of carbonyl (C=O) groups is 1. The van der Waals surface area contributed by atoms with E-state index >= 15 is 0 Å². The van der Waals surface area contributed by atoms with Gasteiger partial charge in [-0.05, 0) is 36.8 Å². The highest BCUT2D eigenvalue weighted by atomic mass is 35.5. The van der Waals surface area contributed by atoms with Gasteiger partial charge in [-0.2, -0.15) is 5.10 Å². The molecule has 108 valence electrons. The van der Waals surface area contributed by atoms with Gasteiger partial charge in [0.15, 0.2) is 0 Å². The van der Waals surface area contributed by atoms with Gasteiger partial charge in [-0.1, -0.05) is 41.4 Å². The molecule has 0 radical (unpaired) electrons. The Labute approximate surface area is 132 Å². The maximum atomic E-state index is 10.8. The van der Waals surface area contributed by atoms with Gasteiger partial charge >= 0.3 is 0 Å². The SMILES string of the molecule is C/C(=N/Nc1cccc(C(=O)[O-])c1)c1ccc(Cl)cc1Cl. The Hall–Kier alpha value is -2.04. The van der Waals surface area contributed by atoms with E-state index in [1.165, 1.54) is 12.1 Å². The minimum Gasteiger partial charge on any atom is -0.545 e. The summed E-state index contributed by atoms with van der Waals surface area (Å²) >= 11 is 11.9. The summed E-state index contributed by atoms with van der Waals surface area (Å²) in [6.45, 7) is 1.78. The highest BCUT2D eigenvalue weighted by Crippen LogP contribution is 2.21. The fraction of sp³-hybridized carbons (Fsp3) is 0.0667. The number of carboxylic acids is 1. The molecule has 0 fully saturated rings. The van der Waals surface area contributed by atoms with Gasteiger partial charge in [-0.25, -0.2) is 0 Å². The van der Waals surface area contributed by atoms with Gasteiger partial charge in [0, 0.05) is 10.6 Å². The van der Waals surface area contributed by atoms with Gasteiger partial charge in [0.2, 0.25) is 0 Å². The Morgan fingerprint density at radius 1 is 1.19 bits per heavy atom. The number of carboxylic acid groups (broad SMARTS) is 1. The number of carbonyl (C=O) groups excluding carboxylic acids is 1. The predicted octanol–water partition coefficient (Wildman–Crippen LogP) is 3.19. The quantitative estimate of drug-likeness (QED) is 0.694. The van der Waals surface area contributed by atoms with Gasteiger partial charge in [0.25, 0.3) is 0 Å². The summed E-state index contributed by atoms with van der Waals surface area (Å²) in [6, 6.07) is 11.3. The second kappa shape index (κ2) is 6.61. The van der Waals surface area contributed by atoms with Crippen molar-refractivity contribution in [3.05, 3.63) is 63.6 Å². The van der Waals surface area contributed by atoms with Crippen LogP contribution in [-0.4, -0.2) is 11.7 Å². The zero-order valence-electron chi connectivity index (χ0n) is 11.1. The van der Waals surface area contributed by atoms with E-state index in [2.05, 4.69) is 10.5 Å². The first-order valence-electron chi connectivity index (χ1n) is 6.04. The molecule has 0 aliphatic carbocycles. The summed E-state index contributed by atoms with van der Waals surface area (Å²) in [7, 11) is 0. The Morgan fingerprint density at radius 3 is 2.62 bits per heavy atom. The molecular formula is C15H11Cl2N2O2-. The Balaban J connectivity index is 2.20. The van der Waals surface area contributed by atoms with Crippen molar-refractivity contribution in [1.82, 2.24) is 0 Å². The molecule has 0 amide bonds. The van der Waals surface area contributed by atoms with Crippen LogP contribution in [0.3, 0.4) is 0 Å². The van der Waals surface area contributed by atoms with Crippen LogP contribution in [0.1, 0.15) is 22.8 Å². The van der Waals surface area contributed by atoms with Crippen molar-refractivity contribution in [2.24, 2.45) is 5.10 Å². The highest BCUT2D eigenvalue weighted by Gasteiger charge is 2.04. The largest absolute Gasteiger partial charge is 0.545 e. The zero-order valence-corrected chi connectivity index (χ0v) is 12.6. The van der Waals surface area contributed by atoms with Gasteiger partial charge < -0.3 is 9.90 Å². The lowest BCUT2D eigenvalue weighted by molar-refractivity contribution is -0.255. The van der Waals surface area contributed by atoms with Gasteiger partial charge in [-0.15, -0.1) is 0 Å². The summed E-state index contributed by atoms with van der Waals surface area (Å²) in [6.07, 6.45) is 0.